The first kappa shape index (κ1) is 16.0. The fraction of sp³-hybridized carbons (Fsp3) is 0.625. The highest BCUT2D eigenvalue weighted by atomic mass is 16.5. The van der Waals surface area contributed by atoms with Crippen molar-refractivity contribution in [3.05, 3.63) is 29.3 Å². The first-order chi connectivity index (χ1) is 8.76. The second-order valence-electron chi connectivity index (χ2n) is 6.08. The predicted octanol–water partition coefficient (Wildman–Crippen LogP) is 2.78. The molecule has 19 heavy (non-hydrogen) atoms. The van der Waals surface area contributed by atoms with E-state index in [-0.39, 0.29) is 0 Å². The zero-order valence-electron chi connectivity index (χ0n) is 12.9. The Bertz CT molecular complexity index is 376. The maximum absolute atomic E-state index is 9.71. The molecule has 0 amide bonds. The van der Waals surface area contributed by atoms with Gasteiger partial charge in [-0.15, -0.1) is 0 Å². The van der Waals surface area contributed by atoms with E-state index in [1.807, 2.05) is 20.9 Å². The Morgan fingerprint density at radius 2 is 1.74 bits per heavy atom. The summed E-state index contributed by atoms with van der Waals surface area (Å²) in [7, 11) is 2.02. The van der Waals surface area contributed by atoms with Gasteiger partial charge in [-0.1, -0.05) is 6.07 Å². The van der Waals surface area contributed by atoms with E-state index in [0.29, 0.717) is 13.2 Å². The van der Waals surface area contributed by atoms with E-state index in [1.165, 1.54) is 11.1 Å². The lowest BCUT2D eigenvalue weighted by Gasteiger charge is -2.25. The van der Waals surface area contributed by atoms with Crippen LogP contribution in [-0.2, 0) is 0 Å². The fourth-order valence-electron chi connectivity index (χ4n) is 2.28. The van der Waals surface area contributed by atoms with Crippen molar-refractivity contribution in [1.82, 2.24) is 4.90 Å². The number of aliphatic hydroxyl groups is 1. The molecule has 3 heteroatoms. The van der Waals surface area contributed by atoms with Crippen molar-refractivity contribution in [2.45, 2.75) is 39.7 Å². The summed E-state index contributed by atoms with van der Waals surface area (Å²) >= 11 is 0. The molecule has 0 aliphatic rings. The molecule has 0 unspecified atom stereocenters. The van der Waals surface area contributed by atoms with Crippen molar-refractivity contribution in [3.8, 4) is 5.75 Å². The minimum Gasteiger partial charge on any atom is -0.494 e. The van der Waals surface area contributed by atoms with Crippen molar-refractivity contribution in [2.24, 2.45) is 0 Å². The predicted molar refractivity (Wildman–Crippen MR) is 79.8 cm³/mol. The van der Waals surface area contributed by atoms with E-state index in [0.717, 1.165) is 18.7 Å². The molecule has 0 bridgehead atoms. The lowest BCUT2D eigenvalue weighted by molar-refractivity contribution is 0.0433. The number of hydrogen-bond donors (Lipinski definition) is 1. The maximum atomic E-state index is 9.71. The molecule has 0 radical (unpaired) electrons. The molecule has 0 spiro atoms. The van der Waals surface area contributed by atoms with Crippen molar-refractivity contribution in [1.29, 1.82) is 0 Å². The summed E-state index contributed by atoms with van der Waals surface area (Å²) in [5.41, 5.74) is 1.83. The SMILES string of the molecule is Cc1cc(C)cc(OCCCN(C)CC(C)(C)O)c1. The summed E-state index contributed by atoms with van der Waals surface area (Å²) in [6, 6.07) is 6.27. The molecule has 108 valence electrons. The first-order valence-corrected chi connectivity index (χ1v) is 6.88. The monoisotopic (exact) mass is 265 g/mol. The minimum atomic E-state index is -0.636. The number of nitrogens with zero attached hydrogens (tertiary/aromatic N) is 1. The molecular weight excluding hydrogens is 238 g/mol. The molecule has 1 aromatic carbocycles. The summed E-state index contributed by atoms with van der Waals surface area (Å²) in [6.45, 7) is 10.1. The Hall–Kier alpha value is -1.06. The Labute approximate surface area is 117 Å². The highest BCUT2D eigenvalue weighted by Crippen LogP contribution is 2.16. The molecule has 0 saturated heterocycles. The summed E-state index contributed by atoms with van der Waals surface area (Å²) in [6.07, 6.45) is 0.958. The van der Waals surface area contributed by atoms with Crippen LogP contribution in [0.4, 0.5) is 0 Å². The van der Waals surface area contributed by atoms with Gasteiger partial charge < -0.3 is 14.7 Å². The second kappa shape index (κ2) is 6.92. The number of likely N-dealkylation sites (N-methyl/N-ethyl adjacent to an activating group) is 1. The van der Waals surface area contributed by atoms with E-state index in [9.17, 15) is 5.11 Å². The molecule has 3 nitrogen and oxygen atoms in total. The van der Waals surface area contributed by atoms with Crippen molar-refractivity contribution in [3.63, 3.8) is 0 Å². The molecule has 0 fully saturated rings. The maximum Gasteiger partial charge on any atom is 0.119 e. The number of hydrogen-bond acceptors (Lipinski definition) is 3. The quantitative estimate of drug-likeness (QED) is 0.770. The highest BCUT2D eigenvalue weighted by molar-refractivity contribution is 5.32. The molecule has 0 aromatic heterocycles. The number of benzene rings is 1. The van der Waals surface area contributed by atoms with E-state index in [4.69, 9.17) is 4.74 Å². The van der Waals surface area contributed by atoms with Crippen LogP contribution in [0.2, 0.25) is 0 Å². The Kier molecular flexibility index (Phi) is 5.83. The Morgan fingerprint density at radius 1 is 1.16 bits per heavy atom. The van der Waals surface area contributed by atoms with Crippen molar-refractivity contribution < 1.29 is 9.84 Å². The van der Waals surface area contributed by atoms with Gasteiger partial charge >= 0.3 is 0 Å². The normalized spacial score (nSPS) is 11.9. The van der Waals surface area contributed by atoms with Gasteiger partial charge in [-0.2, -0.15) is 0 Å². The second-order valence-corrected chi connectivity index (χ2v) is 6.08. The molecule has 1 aromatic rings. The summed E-state index contributed by atoms with van der Waals surface area (Å²) < 4.78 is 5.76. The van der Waals surface area contributed by atoms with Gasteiger partial charge in [0.1, 0.15) is 5.75 Å². The average Bonchev–Trinajstić information content (AvgIpc) is 2.20. The van der Waals surface area contributed by atoms with Crippen LogP contribution in [0.1, 0.15) is 31.4 Å². The van der Waals surface area contributed by atoms with Crippen LogP contribution in [0.3, 0.4) is 0 Å². The highest BCUT2D eigenvalue weighted by Gasteiger charge is 2.14. The number of aryl methyl sites for hydroxylation is 2. The molecule has 1 rings (SSSR count). The minimum absolute atomic E-state index is 0.636. The van der Waals surface area contributed by atoms with Gasteiger partial charge in [0.15, 0.2) is 0 Å². The molecule has 0 aliphatic carbocycles. The molecule has 0 saturated carbocycles. The first-order valence-electron chi connectivity index (χ1n) is 6.88. The smallest absolute Gasteiger partial charge is 0.119 e. The molecule has 0 atom stereocenters. The fourth-order valence-corrected chi connectivity index (χ4v) is 2.28. The zero-order chi connectivity index (χ0) is 14.5. The Balaban J connectivity index is 2.27. The van der Waals surface area contributed by atoms with E-state index < -0.39 is 5.60 Å². The summed E-state index contributed by atoms with van der Waals surface area (Å²) in [5, 5.41) is 9.71. The third kappa shape index (κ3) is 7.19. The third-order valence-corrected chi connectivity index (χ3v) is 2.80. The van der Waals surface area contributed by atoms with Crippen LogP contribution >= 0.6 is 0 Å². The van der Waals surface area contributed by atoms with Crippen LogP contribution in [0.5, 0.6) is 5.75 Å². The molecule has 0 aliphatic heterocycles. The van der Waals surface area contributed by atoms with E-state index >= 15 is 0 Å². The van der Waals surface area contributed by atoms with Crippen molar-refractivity contribution >= 4 is 0 Å². The van der Waals surface area contributed by atoms with Gasteiger partial charge in [-0.25, -0.2) is 0 Å². The molecular formula is C16H27NO2. The van der Waals surface area contributed by atoms with Gasteiger partial charge in [0, 0.05) is 13.1 Å². The van der Waals surface area contributed by atoms with Crippen LogP contribution in [0.25, 0.3) is 0 Å². The number of ether oxygens (including phenoxy) is 1. The van der Waals surface area contributed by atoms with Gasteiger partial charge in [0.25, 0.3) is 0 Å². The summed E-state index contributed by atoms with van der Waals surface area (Å²) in [5.74, 6) is 0.947. The lowest BCUT2D eigenvalue weighted by atomic mass is 10.1. The summed E-state index contributed by atoms with van der Waals surface area (Å²) in [4.78, 5) is 2.13. The third-order valence-electron chi connectivity index (χ3n) is 2.80. The average molecular weight is 265 g/mol. The Morgan fingerprint density at radius 3 is 2.26 bits per heavy atom. The van der Waals surface area contributed by atoms with Gasteiger partial charge in [0.05, 0.1) is 12.2 Å². The lowest BCUT2D eigenvalue weighted by Crippen LogP contribution is -2.37. The van der Waals surface area contributed by atoms with Crippen molar-refractivity contribution in [2.75, 3.05) is 26.7 Å². The molecule has 1 N–H and O–H groups in total. The van der Waals surface area contributed by atoms with Gasteiger partial charge in [-0.3, -0.25) is 0 Å². The van der Waals surface area contributed by atoms with Crippen LogP contribution in [-0.4, -0.2) is 42.4 Å². The molecule has 0 heterocycles. The zero-order valence-corrected chi connectivity index (χ0v) is 12.9. The van der Waals surface area contributed by atoms with Gasteiger partial charge in [-0.05, 0) is 64.4 Å². The van der Waals surface area contributed by atoms with Crippen LogP contribution in [0, 0.1) is 13.8 Å². The van der Waals surface area contributed by atoms with Crippen LogP contribution < -0.4 is 4.74 Å². The van der Waals surface area contributed by atoms with E-state index in [2.05, 4.69) is 36.9 Å². The largest absolute Gasteiger partial charge is 0.494 e. The van der Waals surface area contributed by atoms with Gasteiger partial charge in [0.2, 0.25) is 0 Å². The topological polar surface area (TPSA) is 32.7 Å². The number of rotatable bonds is 7. The van der Waals surface area contributed by atoms with Crippen LogP contribution in [0.15, 0.2) is 18.2 Å². The van der Waals surface area contributed by atoms with E-state index in [1.54, 1.807) is 0 Å². The standard InChI is InChI=1S/C16H27NO2/c1-13-9-14(2)11-15(10-13)19-8-6-7-17(5)12-16(3,4)18/h9-11,18H,6-8,12H2,1-5H3.